The van der Waals surface area contributed by atoms with Crippen LogP contribution in [0.25, 0.3) is 11.1 Å². The van der Waals surface area contributed by atoms with E-state index in [1.165, 1.54) is 17.7 Å². The first-order valence-corrected chi connectivity index (χ1v) is 18.7. The van der Waals surface area contributed by atoms with E-state index in [1.54, 1.807) is 24.6 Å². The van der Waals surface area contributed by atoms with Gasteiger partial charge < -0.3 is 19.9 Å². The zero-order valence-electron chi connectivity index (χ0n) is 27.5. The van der Waals surface area contributed by atoms with Crippen molar-refractivity contribution in [2.75, 3.05) is 5.75 Å². The Morgan fingerprint density at radius 2 is 1.57 bits per heavy atom. The number of esters is 1. The highest BCUT2D eigenvalue weighted by atomic mass is 33.1. The number of ketones is 1. The van der Waals surface area contributed by atoms with Gasteiger partial charge in [0.2, 0.25) is 6.29 Å². The van der Waals surface area contributed by atoms with Crippen LogP contribution in [0.1, 0.15) is 91.0 Å². The van der Waals surface area contributed by atoms with Gasteiger partial charge in [-0.3, -0.25) is 14.4 Å². The Bertz CT molecular complexity index is 1260. The Morgan fingerprint density at radius 1 is 0.913 bits per heavy atom. The summed E-state index contributed by atoms with van der Waals surface area (Å²) < 4.78 is 9.76. The molecule has 2 unspecified atom stereocenters. The van der Waals surface area contributed by atoms with Crippen LogP contribution in [-0.2, 0) is 30.3 Å². The quantitative estimate of drug-likeness (QED) is 0.0914. The van der Waals surface area contributed by atoms with E-state index in [0.29, 0.717) is 12.2 Å². The Labute approximate surface area is 281 Å². The third-order valence-electron chi connectivity index (χ3n) is 8.24. The molecule has 252 valence electrons. The number of unbranched alkanes of at least 4 members (excludes halogenated alkanes) is 1. The van der Waals surface area contributed by atoms with Crippen LogP contribution in [0.3, 0.4) is 0 Å². The minimum absolute atomic E-state index is 0.00345. The molecule has 0 spiro atoms. The summed E-state index contributed by atoms with van der Waals surface area (Å²) in [6, 6.07) is 17.7. The number of carbonyl (C=O) groups is 4. The number of benzene rings is 2. The SMILES string of the molecule is CCCC[C@@H](CSSC1(C(=O)CC(Cc2ccc(-c3ccccc3)cc2)C(=O)O)CCCCC1)NC(=O)OC(C)OC(=O)C(C)C. The Kier molecular flexibility index (Phi) is 15.5. The van der Waals surface area contributed by atoms with Crippen LogP contribution in [0.15, 0.2) is 54.6 Å². The molecule has 8 nitrogen and oxygen atoms in total. The topological polar surface area (TPSA) is 119 Å². The van der Waals surface area contributed by atoms with E-state index in [1.807, 2.05) is 54.6 Å². The predicted molar refractivity (Wildman–Crippen MR) is 186 cm³/mol. The van der Waals surface area contributed by atoms with Crippen LogP contribution in [0.5, 0.6) is 0 Å². The third-order valence-corrected chi connectivity index (χ3v) is 11.6. The van der Waals surface area contributed by atoms with E-state index in [0.717, 1.165) is 68.1 Å². The Hall–Kier alpha value is -2.98. The maximum Gasteiger partial charge on any atom is 0.410 e. The summed E-state index contributed by atoms with van der Waals surface area (Å²) in [6.07, 6.45) is 5.57. The summed E-state index contributed by atoms with van der Waals surface area (Å²) in [7, 11) is 3.09. The van der Waals surface area contributed by atoms with E-state index in [2.05, 4.69) is 12.2 Å². The predicted octanol–water partition coefficient (Wildman–Crippen LogP) is 8.47. The molecular weight excluding hydrogens is 623 g/mol. The number of rotatable bonds is 18. The molecule has 1 fully saturated rings. The van der Waals surface area contributed by atoms with Crippen molar-refractivity contribution in [3.8, 4) is 11.1 Å². The number of nitrogens with one attached hydrogen (secondary N) is 1. The van der Waals surface area contributed by atoms with Crippen molar-refractivity contribution in [1.29, 1.82) is 0 Å². The number of ether oxygens (including phenoxy) is 2. The van der Waals surface area contributed by atoms with Gasteiger partial charge >= 0.3 is 18.0 Å². The number of Topliss-reactive ketones (excluding diaryl/α,β-unsaturated/α-hetero) is 1. The molecule has 46 heavy (non-hydrogen) atoms. The fourth-order valence-electron chi connectivity index (χ4n) is 5.49. The molecule has 0 bridgehead atoms. The minimum atomic E-state index is -1.00. The van der Waals surface area contributed by atoms with Gasteiger partial charge in [0.15, 0.2) is 5.78 Å². The molecule has 0 aromatic heterocycles. The molecule has 2 aromatic rings. The third kappa shape index (κ3) is 12.0. The lowest BCUT2D eigenvalue weighted by molar-refractivity contribution is -0.168. The molecule has 3 atom stereocenters. The summed E-state index contributed by atoms with van der Waals surface area (Å²) in [4.78, 5) is 50.7. The van der Waals surface area contributed by atoms with E-state index in [-0.39, 0.29) is 24.2 Å². The molecule has 0 saturated heterocycles. The lowest BCUT2D eigenvalue weighted by Gasteiger charge is -2.35. The van der Waals surface area contributed by atoms with Crippen LogP contribution in [0, 0.1) is 11.8 Å². The summed E-state index contributed by atoms with van der Waals surface area (Å²) in [6.45, 7) is 7.01. The molecule has 0 heterocycles. The van der Waals surface area contributed by atoms with Gasteiger partial charge in [-0.1, -0.05) is 129 Å². The van der Waals surface area contributed by atoms with Crippen molar-refractivity contribution in [3.63, 3.8) is 0 Å². The molecule has 1 saturated carbocycles. The van der Waals surface area contributed by atoms with Crippen molar-refractivity contribution in [2.24, 2.45) is 11.8 Å². The van der Waals surface area contributed by atoms with Crippen LogP contribution >= 0.6 is 21.6 Å². The molecule has 10 heteroatoms. The maximum atomic E-state index is 13.9. The van der Waals surface area contributed by atoms with Gasteiger partial charge in [0.25, 0.3) is 0 Å². The fourth-order valence-corrected chi connectivity index (χ4v) is 8.98. The minimum Gasteiger partial charge on any atom is -0.481 e. The van der Waals surface area contributed by atoms with Crippen LogP contribution < -0.4 is 5.32 Å². The van der Waals surface area contributed by atoms with Crippen molar-refractivity contribution in [3.05, 3.63) is 60.2 Å². The average Bonchev–Trinajstić information content (AvgIpc) is 3.04. The van der Waals surface area contributed by atoms with Crippen LogP contribution in [-0.4, -0.2) is 51.8 Å². The highest BCUT2D eigenvalue weighted by molar-refractivity contribution is 8.77. The number of aliphatic carboxylic acids is 1. The first-order valence-electron chi connectivity index (χ1n) is 16.4. The Balaban J connectivity index is 1.61. The zero-order valence-corrected chi connectivity index (χ0v) is 29.1. The molecule has 0 radical (unpaired) electrons. The highest BCUT2D eigenvalue weighted by Crippen LogP contribution is 2.48. The van der Waals surface area contributed by atoms with E-state index < -0.39 is 35.0 Å². The Morgan fingerprint density at radius 3 is 2.17 bits per heavy atom. The number of carboxylic acid groups (broad SMARTS) is 1. The largest absolute Gasteiger partial charge is 0.481 e. The van der Waals surface area contributed by atoms with Gasteiger partial charge in [-0.05, 0) is 42.4 Å². The number of carboxylic acids is 1. The summed E-state index contributed by atoms with van der Waals surface area (Å²) >= 11 is 0. The number of amides is 1. The van der Waals surface area contributed by atoms with E-state index >= 15 is 0 Å². The number of hydrogen-bond acceptors (Lipinski definition) is 8. The van der Waals surface area contributed by atoms with Gasteiger partial charge in [0.05, 0.1) is 16.6 Å². The van der Waals surface area contributed by atoms with Gasteiger partial charge in [-0.2, -0.15) is 0 Å². The smallest absolute Gasteiger partial charge is 0.410 e. The second-order valence-corrected chi connectivity index (χ2v) is 15.1. The van der Waals surface area contributed by atoms with Gasteiger partial charge in [-0.15, -0.1) is 0 Å². The van der Waals surface area contributed by atoms with Crippen molar-refractivity contribution in [1.82, 2.24) is 5.32 Å². The second-order valence-electron chi connectivity index (χ2n) is 12.4. The molecule has 2 N–H and O–H groups in total. The first kappa shape index (κ1) is 37.5. The first-order chi connectivity index (χ1) is 22.0. The summed E-state index contributed by atoms with van der Waals surface area (Å²) in [5, 5.41) is 13.0. The summed E-state index contributed by atoms with van der Waals surface area (Å²) in [5.74, 6) is -1.98. The molecule has 1 amide bonds. The van der Waals surface area contributed by atoms with Gasteiger partial charge in [0.1, 0.15) is 0 Å². The number of carbonyl (C=O) groups excluding carboxylic acids is 3. The highest BCUT2D eigenvalue weighted by Gasteiger charge is 2.42. The maximum absolute atomic E-state index is 13.9. The van der Waals surface area contributed by atoms with Gasteiger partial charge in [0, 0.05) is 25.1 Å². The molecule has 2 aromatic carbocycles. The van der Waals surface area contributed by atoms with Crippen molar-refractivity contribution < 1.29 is 33.8 Å². The second kappa shape index (κ2) is 19.0. The zero-order chi connectivity index (χ0) is 33.5. The summed E-state index contributed by atoms with van der Waals surface area (Å²) in [5.41, 5.74) is 3.05. The molecule has 3 rings (SSSR count). The molecule has 1 aliphatic rings. The van der Waals surface area contributed by atoms with Crippen LogP contribution in [0.2, 0.25) is 0 Å². The lowest BCUT2D eigenvalue weighted by Crippen LogP contribution is -2.40. The standard InChI is InChI=1S/C36H49NO7S2/c1-5-6-15-31(37-35(42)44-26(4)43-34(41)25(2)3)24-45-46-36(20-11-8-12-21-36)32(38)23-30(33(39)40)22-27-16-18-29(19-17-27)28-13-9-7-10-14-28/h7,9-10,13-14,16-19,25-26,30-31H,5-6,8,11-12,15,20-24H2,1-4H3,(H,37,42)(H,39,40)/t26?,30?,31-/m0/s1. The van der Waals surface area contributed by atoms with Crippen LogP contribution in [0.4, 0.5) is 4.79 Å². The molecule has 1 aliphatic carbocycles. The monoisotopic (exact) mass is 671 g/mol. The number of hydrogen-bond donors (Lipinski definition) is 2. The molecule has 0 aliphatic heterocycles. The van der Waals surface area contributed by atoms with Crippen molar-refractivity contribution in [2.45, 2.75) is 109 Å². The van der Waals surface area contributed by atoms with Crippen molar-refractivity contribution >= 4 is 45.4 Å². The lowest BCUT2D eigenvalue weighted by atomic mass is 9.81. The number of alkyl carbamates (subject to hydrolysis) is 1. The normalized spacial score (nSPS) is 16.2. The fraction of sp³-hybridized carbons (Fsp3) is 0.556. The molecular formula is C36H49NO7S2. The van der Waals surface area contributed by atoms with Gasteiger partial charge in [-0.25, -0.2) is 4.79 Å². The van der Waals surface area contributed by atoms with E-state index in [4.69, 9.17) is 9.47 Å². The van der Waals surface area contributed by atoms with E-state index in [9.17, 15) is 24.3 Å². The average molecular weight is 672 g/mol.